The molecule has 0 radical (unpaired) electrons. The maximum Gasteiger partial charge on any atom is 0.310 e. The van der Waals surface area contributed by atoms with Crippen molar-refractivity contribution in [3.63, 3.8) is 0 Å². The standard InChI is InChI=1S/C12H15NO5/c1-9-5-6-10(13(15)16)11(8-9)18-7-3-4-12(14)17-2/h5-6,8H,3-4,7H2,1-2H3. The fraction of sp³-hybridized carbons (Fsp3) is 0.417. The third-order valence-electron chi connectivity index (χ3n) is 2.32. The van der Waals surface area contributed by atoms with Crippen molar-refractivity contribution in [3.05, 3.63) is 33.9 Å². The maximum atomic E-state index is 10.9. The molecule has 6 heteroatoms. The summed E-state index contributed by atoms with van der Waals surface area (Å²) in [6, 6.07) is 4.67. The summed E-state index contributed by atoms with van der Waals surface area (Å²) < 4.78 is 9.81. The molecule has 0 spiro atoms. The van der Waals surface area contributed by atoms with Crippen molar-refractivity contribution in [2.45, 2.75) is 19.8 Å². The monoisotopic (exact) mass is 253 g/mol. The Balaban J connectivity index is 2.58. The van der Waals surface area contributed by atoms with Crippen molar-refractivity contribution < 1.29 is 19.2 Å². The Bertz CT molecular complexity index is 444. The SMILES string of the molecule is COC(=O)CCCOc1cc(C)ccc1[N+](=O)[O-]. The van der Waals surface area contributed by atoms with E-state index < -0.39 is 4.92 Å². The Morgan fingerprint density at radius 1 is 1.44 bits per heavy atom. The normalized spacial score (nSPS) is 9.89. The molecule has 1 rings (SSSR count). The van der Waals surface area contributed by atoms with E-state index in [1.807, 2.05) is 6.92 Å². The van der Waals surface area contributed by atoms with Crippen molar-refractivity contribution in [3.8, 4) is 5.75 Å². The predicted octanol–water partition coefficient (Wildman–Crippen LogP) is 2.24. The Labute approximate surface area is 105 Å². The number of ether oxygens (including phenoxy) is 2. The van der Waals surface area contributed by atoms with Crippen LogP contribution in [-0.2, 0) is 9.53 Å². The lowest BCUT2D eigenvalue weighted by molar-refractivity contribution is -0.385. The molecular weight excluding hydrogens is 238 g/mol. The number of benzene rings is 1. The van der Waals surface area contributed by atoms with Crippen LogP contribution < -0.4 is 4.74 Å². The highest BCUT2D eigenvalue weighted by Crippen LogP contribution is 2.27. The molecule has 0 unspecified atom stereocenters. The van der Waals surface area contributed by atoms with E-state index in [9.17, 15) is 14.9 Å². The molecule has 1 aromatic rings. The van der Waals surface area contributed by atoms with Gasteiger partial charge in [-0.3, -0.25) is 14.9 Å². The van der Waals surface area contributed by atoms with Gasteiger partial charge in [0.1, 0.15) is 0 Å². The minimum absolute atomic E-state index is 0.0707. The number of carbonyl (C=O) groups is 1. The second-order valence-electron chi connectivity index (χ2n) is 3.76. The van der Waals surface area contributed by atoms with Gasteiger partial charge in [-0.05, 0) is 25.0 Å². The van der Waals surface area contributed by atoms with Gasteiger partial charge in [-0.1, -0.05) is 6.07 Å². The van der Waals surface area contributed by atoms with Gasteiger partial charge in [0.05, 0.1) is 18.6 Å². The molecule has 0 saturated carbocycles. The zero-order valence-corrected chi connectivity index (χ0v) is 10.3. The fourth-order valence-corrected chi connectivity index (χ4v) is 1.39. The lowest BCUT2D eigenvalue weighted by Gasteiger charge is -2.07. The first-order chi connectivity index (χ1) is 8.54. The Hall–Kier alpha value is -2.11. The zero-order valence-electron chi connectivity index (χ0n) is 10.3. The van der Waals surface area contributed by atoms with Gasteiger partial charge in [0.15, 0.2) is 5.75 Å². The number of esters is 1. The number of rotatable bonds is 6. The third-order valence-corrected chi connectivity index (χ3v) is 2.32. The molecule has 0 saturated heterocycles. The van der Waals surface area contributed by atoms with Crippen LogP contribution in [0.3, 0.4) is 0 Å². The summed E-state index contributed by atoms with van der Waals surface area (Å²) in [6.45, 7) is 2.06. The van der Waals surface area contributed by atoms with Crippen LogP contribution in [-0.4, -0.2) is 24.6 Å². The average Bonchev–Trinajstić information content (AvgIpc) is 2.34. The molecule has 0 aliphatic carbocycles. The molecule has 0 aliphatic rings. The zero-order chi connectivity index (χ0) is 13.5. The lowest BCUT2D eigenvalue weighted by Crippen LogP contribution is -2.05. The van der Waals surface area contributed by atoms with Crippen molar-refractivity contribution in [2.24, 2.45) is 0 Å². The maximum absolute atomic E-state index is 10.9. The van der Waals surface area contributed by atoms with E-state index in [0.29, 0.717) is 6.42 Å². The van der Waals surface area contributed by atoms with Gasteiger partial charge in [0.25, 0.3) is 0 Å². The highest BCUT2D eigenvalue weighted by atomic mass is 16.6. The van der Waals surface area contributed by atoms with Crippen LogP contribution in [0, 0.1) is 17.0 Å². The molecule has 0 aromatic heterocycles. The van der Waals surface area contributed by atoms with E-state index in [4.69, 9.17) is 4.74 Å². The first-order valence-electron chi connectivity index (χ1n) is 5.49. The highest BCUT2D eigenvalue weighted by Gasteiger charge is 2.14. The first-order valence-corrected chi connectivity index (χ1v) is 5.49. The number of nitro groups is 1. The first kappa shape index (κ1) is 14.0. The van der Waals surface area contributed by atoms with Gasteiger partial charge < -0.3 is 9.47 Å². The molecular formula is C12H15NO5. The van der Waals surface area contributed by atoms with Gasteiger partial charge in [-0.25, -0.2) is 0 Å². The lowest BCUT2D eigenvalue weighted by atomic mass is 10.2. The summed E-state index contributed by atoms with van der Waals surface area (Å²) >= 11 is 0. The summed E-state index contributed by atoms with van der Waals surface area (Å²) in [5.74, 6) is -0.0952. The largest absolute Gasteiger partial charge is 0.487 e. The molecule has 0 heterocycles. The average molecular weight is 253 g/mol. The van der Waals surface area contributed by atoms with Crippen molar-refractivity contribution >= 4 is 11.7 Å². The van der Waals surface area contributed by atoms with E-state index >= 15 is 0 Å². The Morgan fingerprint density at radius 2 is 2.17 bits per heavy atom. The molecule has 0 N–H and O–H groups in total. The highest BCUT2D eigenvalue weighted by molar-refractivity contribution is 5.69. The summed E-state index contributed by atoms with van der Waals surface area (Å²) in [5, 5.41) is 10.8. The summed E-state index contributed by atoms with van der Waals surface area (Å²) in [7, 11) is 1.31. The van der Waals surface area contributed by atoms with Crippen molar-refractivity contribution in [1.29, 1.82) is 0 Å². The number of carbonyl (C=O) groups excluding carboxylic acids is 1. The van der Waals surface area contributed by atoms with Gasteiger partial charge in [-0.2, -0.15) is 0 Å². The number of nitrogens with zero attached hydrogens (tertiary/aromatic N) is 1. The summed E-state index contributed by atoms with van der Waals surface area (Å²) in [6.07, 6.45) is 0.688. The molecule has 0 atom stereocenters. The predicted molar refractivity (Wildman–Crippen MR) is 64.6 cm³/mol. The quantitative estimate of drug-likeness (QED) is 0.336. The van der Waals surface area contributed by atoms with Gasteiger partial charge in [0, 0.05) is 12.5 Å². The van der Waals surface area contributed by atoms with Crippen LogP contribution in [0.15, 0.2) is 18.2 Å². The molecule has 0 fully saturated rings. The Kier molecular flexibility index (Phi) is 5.10. The molecule has 18 heavy (non-hydrogen) atoms. The van der Waals surface area contributed by atoms with Crippen molar-refractivity contribution in [2.75, 3.05) is 13.7 Å². The van der Waals surface area contributed by atoms with Gasteiger partial charge in [0.2, 0.25) is 0 Å². The van der Waals surface area contributed by atoms with E-state index in [0.717, 1.165) is 5.56 Å². The Morgan fingerprint density at radius 3 is 2.78 bits per heavy atom. The van der Waals surface area contributed by atoms with Gasteiger partial charge >= 0.3 is 11.7 Å². The number of methoxy groups -OCH3 is 1. The molecule has 98 valence electrons. The molecule has 6 nitrogen and oxygen atoms in total. The smallest absolute Gasteiger partial charge is 0.310 e. The molecule has 0 bridgehead atoms. The number of aryl methyl sites for hydroxylation is 1. The topological polar surface area (TPSA) is 78.7 Å². The van der Waals surface area contributed by atoms with E-state index in [1.54, 1.807) is 12.1 Å². The van der Waals surface area contributed by atoms with Crippen molar-refractivity contribution in [1.82, 2.24) is 0 Å². The van der Waals surface area contributed by atoms with E-state index in [2.05, 4.69) is 4.74 Å². The minimum Gasteiger partial charge on any atom is -0.487 e. The molecule has 1 aromatic carbocycles. The van der Waals surface area contributed by atoms with Crippen LogP contribution in [0.1, 0.15) is 18.4 Å². The second-order valence-corrected chi connectivity index (χ2v) is 3.76. The van der Waals surface area contributed by atoms with Crippen LogP contribution in [0.4, 0.5) is 5.69 Å². The summed E-state index contributed by atoms with van der Waals surface area (Å²) in [5.41, 5.74) is 0.808. The van der Waals surface area contributed by atoms with E-state index in [1.165, 1.54) is 13.2 Å². The van der Waals surface area contributed by atoms with Gasteiger partial charge in [-0.15, -0.1) is 0 Å². The van der Waals surface area contributed by atoms with E-state index in [-0.39, 0.29) is 30.4 Å². The number of hydrogen-bond donors (Lipinski definition) is 0. The number of hydrogen-bond acceptors (Lipinski definition) is 5. The molecule has 0 aliphatic heterocycles. The number of nitro benzene ring substituents is 1. The van der Waals surface area contributed by atoms with Crippen LogP contribution in [0.2, 0.25) is 0 Å². The van der Waals surface area contributed by atoms with Crippen LogP contribution in [0.5, 0.6) is 5.75 Å². The fourth-order valence-electron chi connectivity index (χ4n) is 1.39. The van der Waals surface area contributed by atoms with Crippen LogP contribution >= 0.6 is 0 Å². The van der Waals surface area contributed by atoms with Crippen LogP contribution in [0.25, 0.3) is 0 Å². The summed E-state index contributed by atoms with van der Waals surface area (Å²) in [4.78, 5) is 21.1. The minimum atomic E-state index is -0.491. The third kappa shape index (κ3) is 4.04. The second kappa shape index (κ2) is 6.58. The molecule has 0 amide bonds.